The zero-order chi connectivity index (χ0) is 12.0. The van der Waals surface area contributed by atoms with Crippen LogP contribution in [0.4, 0.5) is 0 Å². The van der Waals surface area contributed by atoms with Crippen molar-refractivity contribution in [3.8, 4) is 5.75 Å². The summed E-state index contributed by atoms with van der Waals surface area (Å²) >= 11 is 6.18. The number of halogens is 1. The van der Waals surface area contributed by atoms with E-state index < -0.39 is 0 Å². The number of ether oxygens (including phenoxy) is 1. The maximum Gasteiger partial charge on any atom is 0.139 e. The summed E-state index contributed by atoms with van der Waals surface area (Å²) in [6, 6.07) is 12.3. The molecule has 17 heavy (non-hydrogen) atoms. The van der Waals surface area contributed by atoms with E-state index >= 15 is 0 Å². The van der Waals surface area contributed by atoms with Crippen molar-refractivity contribution in [3.05, 3.63) is 41.4 Å². The quantitative estimate of drug-likeness (QED) is 0.632. The largest absolute Gasteiger partial charge is 0.495 e. The molecule has 0 bridgehead atoms. The topological polar surface area (TPSA) is 14.2 Å². The van der Waals surface area contributed by atoms with Crippen molar-refractivity contribution < 1.29 is 4.74 Å². The maximum absolute atomic E-state index is 6.18. The summed E-state index contributed by atoms with van der Waals surface area (Å²) in [6.07, 6.45) is 0. The molecule has 0 aliphatic heterocycles. The highest BCUT2D eigenvalue weighted by Gasteiger charge is 2.11. The van der Waals surface area contributed by atoms with Gasteiger partial charge in [-0.2, -0.15) is 0 Å². The number of nitrogens with zero attached hydrogens (tertiary/aromatic N) is 1. The first-order valence-corrected chi connectivity index (χ1v) is 5.81. The molecule has 1 heterocycles. The van der Waals surface area contributed by atoms with E-state index in [1.54, 1.807) is 7.11 Å². The number of hydrogen-bond donors (Lipinski definition) is 0. The van der Waals surface area contributed by atoms with Crippen LogP contribution in [0.3, 0.4) is 0 Å². The Balaban J connectivity index is 2.53. The van der Waals surface area contributed by atoms with Gasteiger partial charge in [0.1, 0.15) is 5.75 Å². The highest BCUT2D eigenvalue weighted by atomic mass is 35.5. The van der Waals surface area contributed by atoms with Crippen molar-refractivity contribution in [2.24, 2.45) is 7.05 Å². The predicted octanol–water partition coefficient (Wildman–Crippen LogP) is 3.99. The lowest BCUT2D eigenvalue weighted by Crippen LogP contribution is -1.88. The summed E-state index contributed by atoms with van der Waals surface area (Å²) in [5.74, 6) is 0.713. The zero-order valence-electron chi connectivity index (χ0n) is 9.70. The highest BCUT2D eigenvalue weighted by Crippen LogP contribution is 2.35. The summed E-state index contributed by atoms with van der Waals surface area (Å²) < 4.78 is 7.42. The molecule has 0 fully saturated rings. The fourth-order valence-electron chi connectivity index (χ4n) is 2.32. The van der Waals surface area contributed by atoms with Crippen LogP contribution in [0.1, 0.15) is 0 Å². The number of para-hydroxylation sites is 1. The number of hydrogen-bond acceptors (Lipinski definition) is 1. The molecule has 1 aromatic heterocycles. The van der Waals surface area contributed by atoms with E-state index in [9.17, 15) is 0 Å². The molecule has 3 heteroatoms. The van der Waals surface area contributed by atoms with E-state index in [4.69, 9.17) is 16.3 Å². The molecule has 0 saturated carbocycles. The van der Waals surface area contributed by atoms with Crippen molar-refractivity contribution in [2.45, 2.75) is 0 Å². The zero-order valence-corrected chi connectivity index (χ0v) is 10.5. The first kappa shape index (κ1) is 10.5. The number of methoxy groups -OCH3 is 1. The summed E-state index contributed by atoms with van der Waals surface area (Å²) in [4.78, 5) is 0. The molecule has 3 aromatic rings. The van der Waals surface area contributed by atoms with Crippen molar-refractivity contribution in [3.63, 3.8) is 0 Å². The van der Waals surface area contributed by atoms with E-state index in [0.29, 0.717) is 10.8 Å². The molecule has 0 radical (unpaired) electrons. The second-order valence-corrected chi connectivity index (χ2v) is 4.49. The summed E-state index contributed by atoms with van der Waals surface area (Å²) in [7, 11) is 3.69. The molecule has 0 N–H and O–H groups in total. The van der Waals surface area contributed by atoms with Crippen LogP contribution in [0.15, 0.2) is 36.4 Å². The summed E-state index contributed by atoms with van der Waals surface area (Å²) in [6.45, 7) is 0. The molecule has 86 valence electrons. The van der Waals surface area contributed by atoms with Crippen molar-refractivity contribution in [1.29, 1.82) is 0 Å². The Morgan fingerprint density at radius 3 is 2.59 bits per heavy atom. The monoisotopic (exact) mass is 245 g/mol. The van der Waals surface area contributed by atoms with Gasteiger partial charge in [0.05, 0.1) is 17.6 Å². The third-order valence-corrected chi connectivity index (χ3v) is 3.48. The van der Waals surface area contributed by atoms with Crippen LogP contribution in [0, 0.1) is 0 Å². The SMILES string of the molecule is COc1cc2c(cc1Cl)c1ccccc1n2C. The molecule has 0 aliphatic carbocycles. The molecule has 0 aliphatic rings. The second-order valence-electron chi connectivity index (χ2n) is 4.08. The highest BCUT2D eigenvalue weighted by molar-refractivity contribution is 6.33. The molecular formula is C14H12ClNO. The average Bonchev–Trinajstić information content (AvgIpc) is 2.63. The third kappa shape index (κ3) is 1.41. The molecule has 0 spiro atoms. The first-order chi connectivity index (χ1) is 8.22. The molecule has 3 rings (SSSR count). The lowest BCUT2D eigenvalue weighted by molar-refractivity contribution is 0.415. The maximum atomic E-state index is 6.18. The van der Waals surface area contributed by atoms with E-state index in [1.165, 1.54) is 10.9 Å². The molecule has 0 unspecified atom stereocenters. The average molecular weight is 246 g/mol. The van der Waals surface area contributed by atoms with Crippen molar-refractivity contribution in [2.75, 3.05) is 7.11 Å². The normalized spacial score (nSPS) is 11.2. The van der Waals surface area contributed by atoms with Gasteiger partial charge in [0.2, 0.25) is 0 Å². The minimum absolute atomic E-state index is 0.649. The van der Waals surface area contributed by atoms with Gasteiger partial charge in [0.15, 0.2) is 0 Å². The lowest BCUT2D eigenvalue weighted by atomic mass is 10.1. The lowest BCUT2D eigenvalue weighted by Gasteiger charge is -2.04. The van der Waals surface area contributed by atoms with E-state index in [0.717, 1.165) is 10.9 Å². The van der Waals surface area contributed by atoms with E-state index in [1.807, 2.05) is 24.3 Å². The van der Waals surface area contributed by atoms with Gasteiger partial charge in [0.25, 0.3) is 0 Å². The fraction of sp³-hybridized carbons (Fsp3) is 0.143. The van der Waals surface area contributed by atoms with Gasteiger partial charge in [-0.15, -0.1) is 0 Å². The molecule has 0 amide bonds. The smallest absolute Gasteiger partial charge is 0.139 e. The third-order valence-electron chi connectivity index (χ3n) is 3.19. The second kappa shape index (κ2) is 3.67. The van der Waals surface area contributed by atoms with Crippen LogP contribution in [-0.2, 0) is 7.05 Å². The van der Waals surface area contributed by atoms with Gasteiger partial charge in [0, 0.05) is 29.4 Å². The standard InChI is InChI=1S/C14H12ClNO/c1-16-12-6-4-3-5-9(12)10-7-11(15)14(17-2)8-13(10)16/h3-8H,1-2H3. The van der Waals surface area contributed by atoms with Crippen LogP contribution < -0.4 is 4.74 Å². The minimum atomic E-state index is 0.649. The predicted molar refractivity (Wildman–Crippen MR) is 72.0 cm³/mol. The molecule has 0 atom stereocenters. The Labute approximate surface area is 104 Å². The number of fused-ring (bicyclic) bond motifs is 3. The minimum Gasteiger partial charge on any atom is -0.495 e. The van der Waals surface area contributed by atoms with Crippen molar-refractivity contribution in [1.82, 2.24) is 4.57 Å². The Morgan fingerprint density at radius 2 is 1.82 bits per heavy atom. The molecule has 0 saturated heterocycles. The number of benzene rings is 2. The van der Waals surface area contributed by atoms with Crippen molar-refractivity contribution >= 4 is 33.4 Å². The summed E-state index contributed by atoms with van der Waals surface area (Å²) in [5, 5.41) is 3.03. The van der Waals surface area contributed by atoms with Crippen LogP contribution in [0.5, 0.6) is 5.75 Å². The Hall–Kier alpha value is -1.67. The van der Waals surface area contributed by atoms with Gasteiger partial charge in [-0.25, -0.2) is 0 Å². The van der Waals surface area contributed by atoms with Gasteiger partial charge in [-0.3, -0.25) is 0 Å². The van der Waals surface area contributed by atoms with Gasteiger partial charge < -0.3 is 9.30 Å². The molecule has 2 nitrogen and oxygen atoms in total. The van der Waals surface area contributed by atoms with Crippen LogP contribution >= 0.6 is 11.6 Å². The fourth-order valence-corrected chi connectivity index (χ4v) is 2.56. The van der Waals surface area contributed by atoms with Gasteiger partial charge in [-0.1, -0.05) is 29.8 Å². The number of rotatable bonds is 1. The van der Waals surface area contributed by atoms with Crippen LogP contribution in [0.25, 0.3) is 21.8 Å². The molecule has 2 aromatic carbocycles. The number of aryl methyl sites for hydroxylation is 1. The summed E-state index contributed by atoms with van der Waals surface area (Å²) in [5.41, 5.74) is 2.33. The van der Waals surface area contributed by atoms with Crippen LogP contribution in [-0.4, -0.2) is 11.7 Å². The molecular weight excluding hydrogens is 234 g/mol. The van der Waals surface area contributed by atoms with Gasteiger partial charge in [-0.05, 0) is 12.1 Å². The van der Waals surface area contributed by atoms with Gasteiger partial charge >= 0.3 is 0 Å². The van der Waals surface area contributed by atoms with E-state index in [2.05, 4.69) is 23.7 Å². The number of aromatic nitrogens is 1. The Kier molecular flexibility index (Phi) is 2.26. The Bertz CT molecular complexity index is 715. The Morgan fingerprint density at radius 1 is 1.06 bits per heavy atom. The first-order valence-electron chi connectivity index (χ1n) is 5.43. The van der Waals surface area contributed by atoms with E-state index in [-0.39, 0.29) is 0 Å². The van der Waals surface area contributed by atoms with Crippen LogP contribution in [0.2, 0.25) is 5.02 Å².